The van der Waals surface area contributed by atoms with E-state index < -0.39 is 5.97 Å². The Morgan fingerprint density at radius 3 is 2.76 bits per heavy atom. The fourth-order valence-electron chi connectivity index (χ4n) is 3.34. The monoisotopic (exact) mass is 378 g/mol. The second kappa shape index (κ2) is 8.32. The topological polar surface area (TPSA) is 43.8 Å². The van der Waals surface area contributed by atoms with Crippen LogP contribution in [0.25, 0.3) is 10.4 Å². The van der Waals surface area contributed by atoms with E-state index in [-0.39, 0.29) is 6.54 Å². The molecule has 0 unspecified atom stereocenters. The summed E-state index contributed by atoms with van der Waals surface area (Å²) >= 11 is 7.90. The minimum atomic E-state index is -0.753. The number of benzene rings is 1. The standard InChI is InChI=1S/C19H23ClN2O2S/c1-21(13-19(23)24)16-7-9-22(10-8-16)12-17-5-6-18(25-17)14-3-2-4-15(20)11-14/h2-6,11,16H,7-10,12-13H2,1H3,(H,23,24). The predicted molar refractivity (Wildman–Crippen MR) is 103 cm³/mol. The van der Waals surface area contributed by atoms with E-state index in [4.69, 9.17) is 16.7 Å². The third-order valence-corrected chi connectivity index (χ3v) is 6.07. The van der Waals surface area contributed by atoms with Crippen molar-refractivity contribution in [2.75, 3.05) is 26.7 Å². The number of piperidine rings is 1. The van der Waals surface area contributed by atoms with Crippen LogP contribution < -0.4 is 0 Å². The van der Waals surface area contributed by atoms with E-state index in [0.717, 1.165) is 43.1 Å². The van der Waals surface area contributed by atoms with E-state index in [1.54, 1.807) is 0 Å². The van der Waals surface area contributed by atoms with Crippen LogP contribution in [0, 0.1) is 0 Å². The molecule has 0 radical (unpaired) electrons. The number of hydrogen-bond acceptors (Lipinski definition) is 4. The lowest BCUT2D eigenvalue weighted by Crippen LogP contribution is -2.44. The van der Waals surface area contributed by atoms with Gasteiger partial charge in [0, 0.05) is 40.5 Å². The van der Waals surface area contributed by atoms with Gasteiger partial charge in [-0.1, -0.05) is 23.7 Å². The van der Waals surface area contributed by atoms with Crippen molar-refractivity contribution in [1.82, 2.24) is 9.80 Å². The van der Waals surface area contributed by atoms with Crippen LogP contribution in [0.3, 0.4) is 0 Å². The molecule has 1 fully saturated rings. The lowest BCUT2D eigenvalue weighted by Gasteiger charge is -2.35. The van der Waals surface area contributed by atoms with Crippen molar-refractivity contribution in [3.8, 4) is 10.4 Å². The van der Waals surface area contributed by atoms with Gasteiger partial charge in [0.1, 0.15) is 0 Å². The summed E-state index contributed by atoms with van der Waals surface area (Å²) in [5.74, 6) is -0.753. The number of thiophene rings is 1. The van der Waals surface area contributed by atoms with Crippen molar-refractivity contribution in [2.24, 2.45) is 0 Å². The Hall–Kier alpha value is -1.40. The smallest absolute Gasteiger partial charge is 0.317 e. The molecule has 2 heterocycles. The molecule has 6 heteroatoms. The van der Waals surface area contributed by atoms with Crippen molar-refractivity contribution in [2.45, 2.75) is 25.4 Å². The number of hydrogen-bond donors (Lipinski definition) is 1. The van der Waals surface area contributed by atoms with Crippen LogP contribution in [0.5, 0.6) is 0 Å². The van der Waals surface area contributed by atoms with Crippen molar-refractivity contribution >= 4 is 28.9 Å². The molecule has 0 spiro atoms. The Morgan fingerprint density at radius 2 is 2.08 bits per heavy atom. The molecule has 2 aromatic rings. The van der Waals surface area contributed by atoms with E-state index in [0.29, 0.717) is 6.04 Å². The van der Waals surface area contributed by atoms with E-state index in [1.807, 2.05) is 41.5 Å². The summed E-state index contributed by atoms with van der Waals surface area (Å²) in [7, 11) is 1.91. The van der Waals surface area contributed by atoms with Gasteiger partial charge in [-0.25, -0.2) is 0 Å². The lowest BCUT2D eigenvalue weighted by atomic mass is 10.0. The van der Waals surface area contributed by atoms with Crippen LogP contribution in [-0.2, 0) is 11.3 Å². The molecule has 1 aliphatic heterocycles. The minimum absolute atomic E-state index is 0.124. The SMILES string of the molecule is CN(CC(=O)O)C1CCN(Cc2ccc(-c3cccc(Cl)c3)s2)CC1. The molecule has 1 saturated heterocycles. The predicted octanol–water partition coefficient (Wildman–Crippen LogP) is 4.05. The van der Waals surface area contributed by atoms with Crippen molar-refractivity contribution in [1.29, 1.82) is 0 Å². The molecule has 1 aromatic heterocycles. The van der Waals surface area contributed by atoms with Gasteiger partial charge in [-0.3, -0.25) is 14.6 Å². The first-order valence-corrected chi connectivity index (χ1v) is 9.70. The maximum absolute atomic E-state index is 10.8. The van der Waals surface area contributed by atoms with Crippen LogP contribution >= 0.6 is 22.9 Å². The number of rotatable bonds is 6. The van der Waals surface area contributed by atoms with Crippen LogP contribution in [0.1, 0.15) is 17.7 Å². The van der Waals surface area contributed by atoms with Gasteiger partial charge in [-0.05, 0) is 49.7 Å². The normalized spacial score (nSPS) is 16.4. The third kappa shape index (κ3) is 5.05. The van der Waals surface area contributed by atoms with Gasteiger partial charge < -0.3 is 5.11 Å². The summed E-state index contributed by atoms with van der Waals surface area (Å²) in [5, 5.41) is 9.68. The zero-order valence-corrected chi connectivity index (χ0v) is 15.9. The highest BCUT2D eigenvalue weighted by Gasteiger charge is 2.23. The highest BCUT2D eigenvalue weighted by molar-refractivity contribution is 7.15. The molecule has 3 rings (SSSR count). The number of carboxylic acid groups (broad SMARTS) is 1. The zero-order valence-electron chi connectivity index (χ0n) is 14.3. The van der Waals surface area contributed by atoms with E-state index in [9.17, 15) is 4.79 Å². The first kappa shape index (κ1) is 18.4. The molecule has 0 amide bonds. The summed E-state index contributed by atoms with van der Waals surface area (Å²) in [6.07, 6.45) is 2.05. The molecule has 0 bridgehead atoms. The summed E-state index contributed by atoms with van der Waals surface area (Å²) in [6, 6.07) is 12.7. The van der Waals surface area contributed by atoms with Gasteiger partial charge in [0.2, 0.25) is 0 Å². The molecule has 25 heavy (non-hydrogen) atoms. The second-order valence-electron chi connectivity index (χ2n) is 6.59. The molecular weight excluding hydrogens is 356 g/mol. The molecule has 4 nitrogen and oxygen atoms in total. The molecule has 0 atom stereocenters. The summed E-state index contributed by atoms with van der Waals surface area (Å²) in [5.41, 5.74) is 1.16. The number of carboxylic acids is 1. The zero-order chi connectivity index (χ0) is 17.8. The average Bonchev–Trinajstić information content (AvgIpc) is 3.03. The van der Waals surface area contributed by atoms with E-state index >= 15 is 0 Å². The Balaban J connectivity index is 1.54. The number of carbonyl (C=O) groups is 1. The van der Waals surface area contributed by atoms with Gasteiger partial charge in [-0.2, -0.15) is 0 Å². The van der Waals surface area contributed by atoms with Gasteiger partial charge in [0.25, 0.3) is 0 Å². The van der Waals surface area contributed by atoms with Gasteiger partial charge in [0.15, 0.2) is 0 Å². The van der Waals surface area contributed by atoms with E-state index in [1.165, 1.54) is 9.75 Å². The third-order valence-electron chi connectivity index (χ3n) is 4.72. The number of nitrogens with zero attached hydrogens (tertiary/aromatic N) is 2. The molecule has 1 N–H and O–H groups in total. The molecule has 1 aliphatic rings. The van der Waals surface area contributed by atoms with Crippen LogP contribution in [0.2, 0.25) is 5.02 Å². The molecule has 134 valence electrons. The number of aliphatic carboxylic acids is 1. The van der Waals surface area contributed by atoms with Crippen LogP contribution in [-0.4, -0.2) is 53.6 Å². The highest BCUT2D eigenvalue weighted by atomic mass is 35.5. The number of halogens is 1. The van der Waals surface area contributed by atoms with E-state index in [2.05, 4.69) is 23.1 Å². The molecule has 1 aromatic carbocycles. The van der Waals surface area contributed by atoms with Crippen molar-refractivity contribution < 1.29 is 9.90 Å². The Kier molecular flexibility index (Phi) is 6.12. The summed E-state index contributed by atoms with van der Waals surface area (Å²) in [4.78, 5) is 17.9. The van der Waals surface area contributed by atoms with Gasteiger partial charge in [-0.15, -0.1) is 11.3 Å². The first-order valence-electron chi connectivity index (χ1n) is 8.50. The largest absolute Gasteiger partial charge is 0.480 e. The molecular formula is C19H23ClN2O2S. The fourth-order valence-corrected chi connectivity index (χ4v) is 4.58. The lowest BCUT2D eigenvalue weighted by molar-refractivity contribution is -0.138. The maximum atomic E-state index is 10.8. The fraction of sp³-hybridized carbons (Fsp3) is 0.421. The average molecular weight is 379 g/mol. The van der Waals surface area contributed by atoms with Crippen LogP contribution in [0.4, 0.5) is 0 Å². The van der Waals surface area contributed by atoms with Gasteiger partial charge >= 0.3 is 5.97 Å². The molecule has 0 aliphatic carbocycles. The van der Waals surface area contributed by atoms with Crippen LogP contribution in [0.15, 0.2) is 36.4 Å². The summed E-state index contributed by atoms with van der Waals surface area (Å²) in [6.45, 7) is 3.11. The highest BCUT2D eigenvalue weighted by Crippen LogP contribution is 2.31. The Morgan fingerprint density at radius 1 is 1.32 bits per heavy atom. The number of likely N-dealkylation sites (tertiary alicyclic amines) is 1. The Labute approximate surface area is 157 Å². The Bertz CT molecular complexity index is 726. The summed E-state index contributed by atoms with van der Waals surface area (Å²) < 4.78 is 0. The second-order valence-corrected chi connectivity index (χ2v) is 8.20. The van der Waals surface area contributed by atoms with Gasteiger partial charge in [0.05, 0.1) is 6.54 Å². The minimum Gasteiger partial charge on any atom is -0.480 e. The number of likely N-dealkylation sites (N-methyl/N-ethyl adjacent to an activating group) is 1. The van der Waals surface area contributed by atoms with Crippen molar-refractivity contribution in [3.05, 3.63) is 46.3 Å². The maximum Gasteiger partial charge on any atom is 0.317 e. The molecule has 0 saturated carbocycles. The quantitative estimate of drug-likeness (QED) is 0.823. The van der Waals surface area contributed by atoms with Crippen molar-refractivity contribution in [3.63, 3.8) is 0 Å². The first-order chi connectivity index (χ1) is 12.0.